The summed E-state index contributed by atoms with van der Waals surface area (Å²) in [6.45, 7) is 6.41. The van der Waals surface area contributed by atoms with Crippen LogP contribution in [0.1, 0.15) is 41.9 Å². The summed E-state index contributed by atoms with van der Waals surface area (Å²) in [7, 11) is 3.97. The molecular weight excluding hydrogens is 567 g/mol. The molecule has 40 heavy (non-hydrogen) atoms. The van der Waals surface area contributed by atoms with Crippen LogP contribution >= 0.6 is 23.2 Å². The second-order valence-electron chi connectivity index (χ2n) is 11.0. The lowest BCUT2D eigenvalue weighted by atomic mass is 9.93. The molecule has 0 saturated carbocycles. The van der Waals surface area contributed by atoms with Crippen LogP contribution in [0, 0.1) is 5.82 Å². The van der Waals surface area contributed by atoms with Crippen LogP contribution in [0.5, 0.6) is 0 Å². The highest BCUT2D eigenvalue weighted by Gasteiger charge is 2.39. The van der Waals surface area contributed by atoms with Crippen molar-refractivity contribution in [1.82, 2.24) is 19.6 Å². The number of benzene rings is 2. The minimum absolute atomic E-state index is 0.0833. The van der Waals surface area contributed by atoms with E-state index in [9.17, 15) is 22.4 Å². The number of unbranched alkanes of at least 4 members (excludes halogenated alkanes) is 1. The fourth-order valence-electron chi connectivity index (χ4n) is 5.64. The zero-order valence-corrected chi connectivity index (χ0v) is 24.4. The molecule has 2 aromatic carbocycles. The Kier molecular flexibility index (Phi) is 10.4. The normalized spacial score (nSPS) is 21.0. The molecule has 2 saturated heterocycles. The van der Waals surface area contributed by atoms with E-state index in [1.54, 1.807) is 12.1 Å². The van der Waals surface area contributed by atoms with Crippen molar-refractivity contribution in [3.8, 4) is 0 Å². The molecule has 2 aliphatic heterocycles. The summed E-state index contributed by atoms with van der Waals surface area (Å²) in [6, 6.07) is 8.29. The summed E-state index contributed by atoms with van der Waals surface area (Å²) in [5.41, 5.74) is 0.0719. The number of carbonyl (C=O) groups excluding carboxylic acids is 1. The molecule has 2 aliphatic rings. The Balaban J connectivity index is 1.41. The lowest BCUT2D eigenvalue weighted by molar-refractivity contribution is -0.140. The zero-order valence-electron chi connectivity index (χ0n) is 22.9. The maximum atomic E-state index is 14.2. The maximum absolute atomic E-state index is 14.2. The molecule has 0 radical (unpaired) electrons. The molecule has 0 aromatic heterocycles. The number of hydrogen-bond donors (Lipinski definition) is 0. The van der Waals surface area contributed by atoms with E-state index in [1.165, 1.54) is 6.07 Å². The second kappa shape index (κ2) is 13.4. The van der Waals surface area contributed by atoms with Gasteiger partial charge in [0.2, 0.25) is 5.91 Å². The summed E-state index contributed by atoms with van der Waals surface area (Å²) in [6.07, 6.45) is -2.51. The molecule has 2 heterocycles. The van der Waals surface area contributed by atoms with Crippen LogP contribution in [0.15, 0.2) is 36.4 Å². The van der Waals surface area contributed by atoms with Gasteiger partial charge < -0.3 is 14.7 Å². The molecule has 0 spiro atoms. The monoisotopic (exact) mass is 602 g/mol. The van der Waals surface area contributed by atoms with Crippen LogP contribution in [0.4, 0.5) is 17.6 Å². The van der Waals surface area contributed by atoms with Gasteiger partial charge in [0.25, 0.3) is 0 Å². The third kappa shape index (κ3) is 7.88. The topological polar surface area (TPSA) is 30.0 Å². The van der Waals surface area contributed by atoms with Gasteiger partial charge in [0.05, 0.1) is 15.6 Å². The Labute approximate surface area is 243 Å². The third-order valence-electron chi connectivity index (χ3n) is 8.06. The molecule has 0 N–H and O–H groups in total. The number of amides is 1. The largest absolute Gasteiger partial charge is 0.419 e. The van der Waals surface area contributed by atoms with Crippen molar-refractivity contribution in [2.24, 2.45) is 0 Å². The summed E-state index contributed by atoms with van der Waals surface area (Å²) in [4.78, 5) is 21.8. The molecule has 0 bridgehead atoms. The Hall–Kier alpha value is -1.91. The van der Waals surface area contributed by atoms with Gasteiger partial charge in [0, 0.05) is 64.2 Å². The molecular formula is C29H36Cl2F4N4O. The molecule has 2 aromatic rings. The number of nitrogens with zero attached hydrogens (tertiary/aromatic N) is 4. The molecule has 5 nitrogen and oxygen atoms in total. The minimum Gasteiger partial charge on any atom is -0.340 e. The first kappa shape index (κ1) is 31.0. The fraction of sp³-hybridized carbons (Fsp3) is 0.552. The quantitative estimate of drug-likeness (QED) is 0.260. The number of alkyl halides is 3. The number of carbonyl (C=O) groups is 1. The van der Waals surface area contributed by atoms with Crippen LogP contribution in [0.3, 0.4) is 0 Å². The van der Waals surface area contributed by atoms with E-state index >= 15 is 0 Å². The SMILES string of the molecule is CN1CCN(CCCCC(=O)N2CC(N(C)Cc3ccc(C(F)(F)F)c(F)c3)[C@@H](c3ccc(Cl)c(Cl)c3)C2)CC1. The van der Waals surface area contributed by atoms with Crippen LogP contribution < -0.4 is 0 Å². The smallest absolute Gasteiger partial charge is 0.340 e. The van der Waals surface area contributed by atoms with Gasteiger partial charge in [-0.2, -0.15) is 13.2 Å². The first-order valence-corrected chi connectivity index (χ1v) is 14.4. The van der Waals surface area contributed by atoms with Crippen molar-refractivity contribution < 1.29 is 22.4 Å². The van der Waals surface area contributed by atoms with Crippen molar-refractivity contribution >= 4 is 29.1 Å². The third-order valence-corrected chi connectivity index (χ3v) is 8.80. The summed E-state index contributed by atoms with van der Waals surface area (Å²) < 4.78 is 53.3. The van der Waals surface area contributed by atoms with Crippen molar-refractivity contribution in [3.05, 3.63) is 69.0 Å². The molecule has 0 aliphatic carbocycles. The summed E-state index contributed by atoms with van der Waals surface area (Å²) in [5.74, 6) is -1.30. The number of likely N-dealkylation sites (N-methyl/N-ethyl adjacent to an activating group) is 2. The molecule has 2 atom stereocenters. The van der Waals surface area contributed by atoms with Crippen molar-refractivity contribution in [2.45, 2.75) is 43.9 Å². The highest BCUT2D eigenvalue weighted by Crippen LogP contribution is 2.36. The predicted molar refractivity (Wildman–Crippen MR) is 150 cm³/mol. The van der Waals surface area contributed by atoms with E-state index in [4.69, 9.17) is 23.2 Å². The number of piperazine rings is 1. The lowest BCUT2D eigenvalue weighted by Crippen LogP contribution is -2.44. The summed E-state index contributed by atoms with van der Waals surface area (Å²) >= 11 is 12.4. The Morgan fingerprint density at radius 2 is 1.73 bits per heavy atom. The second-order valence-corrected chi connectivity index (χ2v) is 11.8. The van der Waals surface area contributed by atoms with E-state index < -0.39 is 17.6 Å². The van der Waals surface area contributed by atoms with Crippen molar-refractivity contribution in [2.75, 3.05) is 59.9 Å². The predicted octanol–water partition coefficient (Wildman–Crippen LogP) is 6.00. The van der Waals surface area contributed by atoms with Crippen LogP contribution in [-0.4, -0.2) is 91.5 Å². The first-order valence-electron chi connectivity index (χ1n) is 13.6. The van der Waals surface area contributed by atoms with Gasteiger partial charge in [-0.1, -0.05) is 35.3 Å². The highest BCUT2D eigenvalue weighted by molar-refractivity contribution is 6.42. The Bertz CT molecular complexity index is 1170. The van der Waals surface area contributed by atoms with Gasteiger partial charge in [-0.25, -0.2) is 4.39 Å². The van der Waals surface area contributed by atoms with E-state index in [0.29, 0.717) is 35.1 Å². The van der Waals surface area contributed by atoms with Gasteiger partial charge in [-0.05, 0) is 68.9 Å². The fourth-order valence-corrected chi connectivity index (χ4v) is 5.95. The summed E-state index contributed by atoms with van der Waals surface area (Å²) in [5, 5.41) is 0.848. The molecule has 1 unspecified atom stereocenters. The first-order chi connectivity index (χ1) is 18.9. The number of rotatable bonds is 9. The van der Waals surface area contributed by atoms with Gasteiger partial charge >= 0.3 is 6.18 Å². The molecule has 4 rings (SSSR count). The maximum Gasteiger partial charge on any atom is 0.419 e. The highest BCUT2D eigenvalue weighted by atomic mass is 35.5. The van der Waals surface area contributed by atoms with E-state index in [-0.39, 0.29) is 24.4 Å². The Morgan fingerprint density at radius 3 is 2.38 bits per heavy atom. The van der Waals surface area contributed by atoms with E-state index in [0.717, 1.165) is 63.3 Å². The average molecular weight is 604 g/mol. The van der Waals surface area contributed by atoms with Crippen LogP contribution in [0.2, 0.25) is 10.0 Å². The van der Waals surface area contributed by atoms with Crippen LogP contribution in [-0.2, 0) is 17.5 Å². The number of hydrogen-bond acceptors (Lipinski definition) is 4. The standard InChI is InChI=1S/C29H36Cl2F4N4O/c1-36-11-13-38(14-12-36)10-4-3-5-28(40)39-18-22(21-7-9-24(30)25(31)16-21)27(19-39)37(2)17-20-6-8-23(26(32)15-20)29(33,34)35/h6-9,15-16,22,27H,3-5,10-14,17-19H2,1-2H3/t22-,27?/m1/s1. The molecule has 2 fully saturated rings. The molecule has 220 valence electrons. The lowest BCUT2D eigenvalue weighted by Gasteiger charge is -2.32. The van der Waals surface area contributed by atoms with Gasteiger partial charge in [0.15, 0.2) is 0 Å². The number of halogens is 6. The van der Waals surface area contributed by atoms with Gasteiger partial charge in [-0.3, -0.25) is 9.69 Å². The van der Waals surface area contributed by atoms with E-state index in [2.05, 4.69) is 16.8 Å². The van der Waals surface area contributed by atoms with E-state index in [1.807, 2.05) is 22.9 Å². The van der Waals surface area contributed by atoms with Crippen molar-refractivity contribution in [1.29, 1.82) is 0 Å². The minimum atomic E-state index is -4.75. The Morgan fingerprint density at radius 1 is 1.00 bits per heavy atom. The van der Waals surface area contributed by atoms with Crippen LogP contribution in [0.25, 0.3) is 0 Å². The molecule has 1 amide bonds. The van der Waals surface area contributed by atoms with Crippen molar-refractivity contribution in [3.63, 3.8) is 0 Å². The van der Waals surface area contributed by atoms with Gasteiger partial charge in [-0.15, -0.1) is 0 Å². The van der Waals surface area contributed by atoms with Gasteiger partial charge in [0.1, 0.15) is 5.82 Å². The zero-order chi connectivity index (χ0) is 29.0. The number of likely N-dealkylation sites (tertiary alicyclic amines) is 1. The molecule has 11 heteroatoms. The average Bonchev–Trinajstić information content (AvgIpc) is 3.34.